The number of anilines is 1. The van der Waals surface area contributed by atoms with Gasteiger partial charge in [-0.1, -0.05) is 24.2 Å². The lowest BCUT2D eigenvalue weighted by molar-refractivity contribution is -0.139. The van der Waals surface area contributed by atoms with Gasteiger partial charge in [0.25, 0.3) is 0 Å². The molecule has 0 unspecified atom stereocenters. The molecule has 2 rings (SSSR count). The Hall–Kier alpha value is -3.31. The summed E-state index contributed by atoms with van der Waals surface area (Å²) in [6.07, 6.45) is -4.12. The Morgan fingerprint density at radius 2 is 1.88 bits per heavy atom. The second kappa shape index (κ2) is 10.3. The zero-order valence-corrected chi connectivity index (χ0v) is 18.2. The average molecular weight is 453 g/mol. The molecule has 174 valence electrons. The number of urea groups is 1. The molecule has 8 nitrogen and oxygen atoms in total. The fourth-order valence-electron chi connectivity index (χ4n) is 3.06. The molecule has 0 heterocycles. The smallest absolute Gasteiger partial charge is 0.419 e. The summed E-state index contributed by atoms with van der Waals surface area (Å²) in [6, 6.07) is 7.96. The molecule has 0 saturated carbocycles. The van der Waals surface area contributed by atoms with Gasteiger partial charge in [0.2, 0.25) is 0 Å². The zero-order valence-electron chi connectivity index (χ0n) is 18.2. The highest BCUT2D eigenvalue weighted by molar-refractivity contribution is 5.98. The second-order valence-electron chi connectivity index (χ2n) is 6.89. The van der Waals surface area contributed by atoms with Crippen molar-refractivity contribution in [2.75, 3.05) is 19.2 Å². The molecule has 2 aromatic carbocycles. The molecule has 32 heavy (non-hydrogen) atoms. The van der Waals surface area contributed by atoms with Crippen LogP contribution in [0.15, 0.2) is 41.6 Å². The van der Waals surface area contributed by atoms with Crippen LogP contribution in [0, 0.1) is 0 Å². The number of amides is 2. The molecule has 0 aliphatic heterocycles. The van der Waals surface area contributed by atoms with E-state index in [0.717, 1.165) is 21.6 Å². The van der Waals surface area contributed by atoms with Gasteiger partial charge in [-0.15, -0.1) is 0 Å². The lowest BCUT2D eigenvalue weighted by Crippen LogP contribution is -2.49. The SMILES string of the molecule is CCc1cccc(N(N)C(=O)N(C)N)c1COc1ccc(C(C)=NOC)cc1C(F)(F)F. The topological polar surface area (TPSA) is 106 Å². The molecule has 4 N–H and O–H groups in total. The highest BCUT2D eigenvalue weighted by atomic mass is 19.4. The number of halogens is 3. The molecule has 2 aromatic rings. The van der Waals surface area contributed by atoms with E-state index in [9.17, 15) is 18.0 Å². The standard InChI is InChI=1S/C21H26F3N5O3/c1-5-14-7-6-8-18(29(26)20(30)28(3)25)16(14)12-32-19-10-9-15(13(2)27-31-4)11-17(19)21(22,23)24/h6-11H,5,12,25-26H2,1-4H3. The second-order valence-corrected chi connectivity index (χ2v) is 6.89. The molecule has 0 bridgehead atoms. The van der Waals surface area contributed by atoms with Crippen LogP contribution in [0.4, 0.5) is 23.7 Å². The van der Waals surface area contributed by atoms with E-state index >= 15 is 0 Å². The van der Waals surface area contributed by atoms with Crippen molar-refractivity contribution in [2.45, 2.75) is 33.1 Å². The van der Waals surface area contributed by atoms with Crippen LogP contribution in [-0.4, -0.2) is 30.9 Å². The number of carbonyl (C=O) groups excluding carboxylic acids is 1. The summed E-state index contributed by atoms with van der Waals surface area (Å²) in [4.78, 5) is 16.8. The highest BCUT2D eigenvalue weighted by Gasteiger charge is 2.35. The van der Waals surface area contributed by atoms with E-state index in [0.29, 0.717) is 12.0 Å². The van der Waals surface area contributed by atoms with Crippen molar-refractivity contribution in [1.82, 2.24) is 5.01 Å². The molecular formula is C21H26F3N5O3. The number of rotatable bonds is 7. The Bertz CT molecular complexity index is 993. The molecule has 0 aliphatic rings. The van der Waals surface area contributed by atoms with Crippen molar-refractivity contribution in [3.05, 3.63) is 58.7 Å². The van der Waals surface area contributed by atoms with Crippen LogP contribution in [0.25, 0.3) is 0 Å². The number of hydrogen-bond acceptors (Lipinski definition) is 6. The summed E-state index contributed by atoms with van der Waals surface area (Å²) in [5.41, 5.74) is 1.08. The summed E-state index contributed by atoms with van der Waals surface area (Å²) in [6.45, 7) is 3.15. The van der Waals surface area contributed by atoms with E-state index in [2.05, 4.69) is 9.99 Å². The fraction of sp³-hybridized carbons (Fsp3) is 0.333. The number of ether oxygens (including phenoxy) is 1. The molecule has 2 amide bonds. The number of nitrogens with zero attached hydrogens (tertiary/aromatic N) is 3. The van der Waals surface area contributed by atoms with Gasteiger partial charge in [-0.3, -0.25) is 5.01 Å². The first-order chi connectivity index (χ1) is 15.0. The average Bonchev–Trinajstić information content (AvgIpc) is 2.75. The maximum atomic E-state index is 13.7. The number of alkyl halides is 3. The summed E-state index contributed by atoms with van der Waals surface area (Å²) in [7, 11) is 2.64. The van der Waals surface area contributed by atoms with Crippen molar-refractivity contribution >= 4 is 17.4 Å². The van der Waals surface area contributed by atoms with Gasteiger partial charge in [0.15, 0.2) is 0 Å². The molecule has 0 atom stereocenters. The van der Waals surface area contributed by atoms with Gasteiger partial charge in [0.05, 0.1) is 17.0 Å². The van der Waals surface area contributed by atoms with Gasteiger partial charge < -0.3 is 9.57 Å². The molecule has 0 aliphatic carbocycles. The summed E-state index contributed by atoms with van der Waals surface area (Å²) in [5.74, 6) is 11.0. The van der Waals surface area contributed by atoms with E-state index < -0.39 is 17.8 Å². The van der Waals surface area contributed by atoms with E-state index in [-0.39, 0.29) is 29.3 Å². The Morgan fingerprint density at radius 1 is 1.19 bits per heavy atom. The van der Waals surface area contributed by atoms with Crippen molar-refractivity contribution < 1.29 is 27.5 Å². The molecule has 0 radical (unpaired) electrons. The van der Waals surface area contributed by atoms with Gasteiger partial charge in [-0.25, -0.2) is 21.5 Å². The Labute approximate surface area is 184 Å². The third kappa shape index (κ3) is 5.68. The highest BCUT2D eigenvalue weighted by Crippen LogP contribution is 2.38. The maximum Gasteiger partial charge on any atom is 0.419 e. The van der Waals surface area contributed by atoms with E-state index in [1.807, 2.05) is 6.92 Å². The molecule has 0 spiro atoms. The lowest BCUT2D eigenvalue weighted by Gasteiger charge is -2.25. The Kier molecular flexibility index (Phi) is 8.06. The van der Waals surface area contributed by atoms with Gasteiger partial charge in [0, 0.05) is 12.6 Å². The molecule has 0 aromatic heterocycles. The van der Waals surface area contributed by atoms with Crippen LogP contribution in [0.2, 0.25) is 0 Å². The third-order valence-corrected chi connectivity index (χ3v) is 4.70. The van der Waals surface area contributed by atoms with Crippen LogP contribution < -0.4 is 21.4 Å². The number of hydrazine groups is 2. The Balaban J connectivity index is 2.46. The number of benzene rings is 2. The first kappa shape index (κ1) is 25.0. The number of nitrogens with two attached hydrogens (primary N) is 2. The molecule has 0 fully saturated rings. The van der Waals surface area contributed by atoms with Gasteiger partial charge in [0.1, 0.15) is 19.5 Å². The minimum atomic E-state index is -4.66. The number of hydrogen-bond donors (Lipinski definition) is 2. The summed E-state index contributed by atoms with van der Waals surface area (Å²) in [5, 5.41) is 5.30. The van der Waals surface area contributed by atoms with Gasteiger partial charge in [-0.05, 0) is 48.7 Å². The first-order valence-corrected chi connectivity index (χ1v) is 9.61. The van der Waals surface area contributed by atoms with Crippen molar-refractivity contribution in [3.8, 4) is 5.75 Å². The van der Waals surface area contributed by atoms with Gasteiger partial charge >= 0.3 is 12.2 Å². The van der Waals surface area contributed by atoms with Crippen LogP contribution >= 0.6 is 0 Å². The first-order valence-electron chi connectivity index (χ1n) is 9.61. The number of aryl methyl sites for hydroxylation is 1. The monoisotopic (exact) mass is 453 g/mol. The van der Waals surface area contributed by atoms with Crippen LogP contribution in [-0.2, 0) is 24.0 Å². The van der Waals surface area contributed by atoms with Crippen LogP contribution in [0.3, 0.4) is 0 Å². The number of carbonyl (C=O) groups is 1. The largest absolute Gasteiger partial charge is 0.488 e. The predicted octanol–water partition coefficient (Wildman–Crippen LogP) is 3.82. The summed E-state index contributed by atoms with van der Waals surface area (Å²) < 4.78 is 46.7. The molecule has 11 heteroatoms. The van der Waals surface area contributed by atoms with Crippen LogP contribution in [0.1, 0.15) is 36.1 Å². The minimum absolute atomic E-state index is 0.242. The normalized spacial score (nSPS) is 11.8. The van der Waals surface area contributed by atoms with E-state index in [1.165, 1.54) is 33.2 Å². The molecule has 0 saturated heterocycles. The minimum Gasteiger partial charge on any atom is -0.488 e. The van der Waals surface area contributed by atoms with Crippen LogP contribution in [0.5, 0.6) is 5.75 Å². The predicted molar refractivity (Wildman–Crippen MR) is 115 cm³/mol. The third-order valence-electron chi connectivity index (χ3n) is 4.70. The Morgan fingerprint density at radius 3 is 2.44 bits per heavy atom. The molecular weight excluding hydrogens is 427 g/mol. The zero-order chi connectivity index (χ0) is 24.1. The maximum absolute atomic E-state index is 13.7. The van der Waals surface area contributed by atoms with E-state index in [4.69, 9.17) is 16.4 Å². The number of oxime groups is 1. The quantitative estimate of drug-likeness (QED) is 0.287. The van der Waals surface area contributed by atoms with E-state index in [1.54, 1.807) is 18.2 Å². The summed E-state index contributed by atoms with van der Waals surface area (Å²) >= 11 is 0. The lowest BCUT2D eigenvalue weighted by atomic mass is 10.0. The van der Waals surface area contributed by atoms with Gasteiger partial charge in [-0.2, -0.15) is 13.2 Å². The van der Waals surface area contributed by atoms with Crippen molar-refractivity contribution in [3.63, 3.8) is 0 Å². The van der Waals surface area contributed by atoms with Crippen molar-refractivity contribution in [1.29, 1.82) is 0 Å². The fourth-order valence-corrected chi connectivity index (χ4v) is 3.06. The van der Waals surface area contributed by atoms with Crippen molar-refractivity contribution in [2.24, 2.45) is 16.8 Å².